The van der Waals surface area contributed by atoms with Crippen molar-refractivity contribution in [2.24, 2.45) is 5.41 Å². The number of hydrogen-bond donors (Lipinski definition) is 1. The number of nitrogens with zero attached hydrogens (tertiary/aromatic N) is 3. The van der Waals surface area contributed by atoms with E-state index >= 15 is 0 Å². The molecule has 3 atom stereocenters. The molecule has 4 nitrogen and oxygen atoms in total. The minimum Gasteiger partial charge on any atom is -0.396 e. The highest BCUT2D eigenvalue weighted by molar-refractivity contribution is 5.42. The van der Waals surface area contributed by atoms with Gasteiger partial charge in [-0.2, -0.15) is 5.10 Å². The molecule has 0 amide bonds. The molecule has 3 heterocycles. The van der Waals surface area contributed by atoms with Gasteiger partial charge < -0.3 is 5.11 Å². The van der Waals surface area contributed by atoms with Crippen molar-refractivity contribution >= 4 is 0 Å². The quantitative estimate of drug-likeness (QED) is 0.905. The van der Waals surface area contributed by atoms with Gasteiger partial charge in [-0.05, 0) is 57.2 Å². The molecule has 2 aliphatic heterocycles. The molecule has 4 heteroatoms. The Kier molecular flexibility index (Phi) is 4.20. The lowest BCUT2D eigenvalue weighted by Crippen LogP contribution is -2.39. The highest BCUT2D eigenvalue weighted by atomic mass is 16.3. The first-order valence-corrected chi connectivity index (χ1v) is 9.56. The second-order valence-corrected chi connectivity index (χ2v) is 7.97. The second kappa shape index (κ2) is 6.26. The van der Waals surface area contributed by atoms with E-state index in [1.165, 1.54) is 29.8 Å². The highest BCUT2D eigenvalue weighted by Gasteiger charge is 2.54. The molecule has 2 aromatic rings. The van der Waals surface area contributed by atoms with E-state index in [1.807, 2.05) is 6.92 Å². The van der Waals surface area contributed by atoms with Crippen LogP contribution in [0, 0.1) is 19.3 Å². The zero-order valence-electron chi connectivity index (χ0n) is 15.6. The topological polar surface area (TPSA) is 41.3 Å². The molecule has 0 unspecified atom stereocenters. The van der Waals surface area contributed by atoms with Gasteiger partial charge in [0.2, 0.25) is 0 Å². The van der Waals surface area contributed by atoms with E-state index in [4.69, 9.17) is 0 Å². The molecule has 0 aliphatic carbocycles. The molecule has 2 aliphatic rings. The van der Waals surface area contributed by atoms with Crippen LogP contribution in [0.5, 0.6) is 0 Å². The number of para-hydroxylation sites is 1. The van der Waals surface area contributed by atoms with Crippen molar-refractivity contribution in [3.05, 3.63) is 47.3 Å². The van der Waals surface area contributed by atoms with Crippen LogP contribution in [0.2, 0.25) is 0 Å². The van der Waals surface area contributed by atoms with Crippen molar-refractivity contribution in [2.75, 3.05) is 6.61 Å². The fourth-order valence-electron chi connectivity index (χ4n) is 5.24. The number of benzene rings is 1. The molecule has 2 bridgehead atoms. The normalized spacial score (nSPS) is 28.8. The van der Waals surface area contributed by atoms with E-state index in [9.17, 15) is 5.11 Å². The first-order chi connectivity index (χ1) is 12.1. The summed E-state index contributed by atoms with van der Waals surface area (Å²) in [5.41, 5.74) is 4.85. The second-order valence-electron chi connectivity index (χ2n) is 7.97. The molecule has 0 spiro atoms. The van der Waals surface area contributed by atoms with Gasteiger partial charge in [-0.3, -0.25) is 4.90 Å². The average molecular weight is 339 g/mol. The van der Waals surface area contributed by atoms with Crippen LogP contribution in [-0.4, -0.2) is 38.5 Å². The van der Waals surface area contributed by atoms with Crippen LogP contribution >= 0.6 is 0 Å². The van der Waals surface area contributed by atoms with E-state index in [0.29, 0.717) is 18.7 Å². The number of hydrogen-bond acceptors (Lipinski definition) is 3. The third-order valence-electron chi connectivity index (χ3n) is 6.59. The third kappa shape index (κ3) is 2.63. The Labute approximate surface area is 150 Å². The van der Waals surface area contributed by atoms with Crippen LogP contribution in [0.4, 0.5) is 0 Å². The maximum atomic E-state index is 10.1. The monoisotopic (exact) mass is 339 g/mol. The van der Waals surface area contributed by atoms with E-state index < -0.39 is 0 Å². The van der Waals surface area contributed by atoms with Crippen molar-refractivity contribution in [1.29, 1.82) is 0 Å². The summed E-state index contributed by atoms with van der Waals surface area (Å²) in [6.45, 7) is 7.67. The van der Waals surface area contributed by atoms with Crippen molar-refractivity contribution in [1.82, 2.24) is 14.7 Å². The van der Waals surface area contributed by atoms with E-state index in [-0.39, 0.29) is 5.41 Å². The largest absolute Gasteiger partial charge is 0.396 e. The molecule has 1 N–H and O–H groups in total. The van der Waals surface area contributed by atoms with Crippen molar-refractivity contribution in [3.63, 3.8) is 0 Å². The number of aryl methyl sites for hydroxylation is 2. The van der Waals surface area contributed by atoms with Crippen molar-refractivity contribution in [3.8, 4) is 5.69 Å². The maximum Gasteiger partial charge on any atom is 0.0693 e. The number of aliphatic hydroxyl groups excluding tert-OH is 1. The standard InChI is InChI=1S/C21H29N3O/c1-4-21(14-25)12-18-9-10-20(21)23(18)13-17-7-5-6-8-19(17)24-16(3)11-15(2)22-24/h5-8,11,18,20,25H,4,9-10,12-14H2,1-3H3/t18-,20+,21-/m1/s1. The van der Waals surface area contributed by atoms with Crippen LogP contribution in [0.15, 0.2) is 30.3 Å². The summed E-state index contributed by atoms with van der Waals surface area (Å²) in [7, 11) is 0. The zero-order valence-corrected chi connectivity index (χ0v) is 15.6. The van der Waals surface area contributed by atoms with Gasteiger partial charge in [0.15, 0.2) is 0 Å². The van der Waals surface area contributed by atoms with E-state index in [0.717, 1.165) is 25.1 Å². The van der Waals surface area contributed by atoms with Gasteiger partial charge in [0.25, 0.3) is 0 Å². The van der Waals surface area contributed by atoms with Gasteiger partial charge in [0, 0.05) is 29.7 Å². The lowest BCUT2D eigenvalue weighted by Gasteiger charge is -2.35. The Hall–Kier alpha value is -1.65. The first-order valence-electron chi connectivity index (χ1n) is 9.56. The molecule has 1 aromatic carbocycles. The molecular weight excluding hydrogens is 310 g/mol. The molecule has 25 heavy (non-hydrogen) atoms. The number of aromatic nitrogens is 2. The lowest BCUT2D eigenvalue weighted by molar-refractivity contribution is 0.0713. The lowest BCUT2D eigenvalue weighted by atomic mass is 9.72. The zero-order chi connectivity index (χ0) is 17.6. The average Bonchev–Trinajstić information content (AvgIpc) is 3.26. The van der Waals surface area contributed by atoms with Crippen LogP contribution in [0.1, 0.15) is 49.6 Å². The summed E-state index contributed by atoms with van der Waals surface area (Å²) >= 11 is 0. The van der Waals surface area contributed by atoms with Gasteiger partial charge in [-0.15, -0.1) is 0 Å². The Morgan fingerprint density at radius 2 is 2.04 bits per heavy atom. The van der Waals surface area contributed by atoms with Gasteiger partial charge >= 0.3 is 0 Å². The van der Waals surface area contributed by atoms with E-state index in [2.05, 4.69) is 58.9 Å². The fraction of sp³-hybridized carbons (Fsp3) is 0.571. The SMILES string of the molecule is CC[C@]1(CO)C[C@H]2CC[C@@H]1N2Cc1ccccc1-n1nc(C)cc1C. The smallest absolute Gasteiger partial charge is 0.0693 e. The van der Waals surface area contributed by atoms with Gasteiger partial charge in [0.1, 0.15) is 0 Å². The predicted molar refractivity (Wildman–Crippen MR) is 99.8 cm³/mol. The number of fused-ring (bicyclic) bond motifs is 2. The molecule has 134 valence electrons. The summed E-state index contributed by atoms with van der Waals surface area (Å²) in [6, 6.07) is 11.9. The molecule has 0 saturated carbocycles. The summed E-state index contributed by atoms with van der Waals surface area (Å²) < 4.78 is 2.07. The highest BCUT2D eigenvalue weighted by Crippen LogP contribution is 2.52. The minimum absolute atomic E-state index is 0.107. The molecule has 1 aromatic heterocycles. The summed E-state index contributed by atoms with van der Waals surface area (Å²) in [6.07, 6.45) is 4.71. The number of rotatable bonds is 5. The summed E-state index contributed by atoms with van der Waals surface area (Å²) in [4.78, 5) is 2.66. The van der Waals surface area contributed by atoms with Crippen LogP contribution in [0.25, 0.3) is 5.69 Å². The van der Waals surface area contributed by atoms with E-state index in [1.54, 1.807) is 0 Å². The molecule has 0 radical (unpaired) electrons. The minimum atomic E-state index is 0.107. The Balaban J connectivity index is 1.66. The first kappa shape index (κ1) is 16.8. The molecule has 2 saturated heterocycles. The van der Waals surface area contributed by atoms with Crippen molar-refractivity contribution < 1.29 is 5.11 Å². The Morgan fingerprint density at radius 3 is 2.68 bits per heavy atom. The Bertz CT molecular complexity index is 762. The third-order valence-corrected chi connectivity index (χ3v) is 6.59. The van der Waals surface area contributed by atoms with Crippen molar-refractivity contribution in [2.45, 2.75) is 65.1 Å². The number of aliphatic hydroxyl groups is 1. The van der Waals surface area contributed by atoms with Crippen LogP contribution < -0.4 is 0 Å². The van der Waals surface area contributed by atoms with Crippen LogP contribution in [0.3, 0.4) is 0 Å². The molecule has 4 rings (SSSR count). The fourth-order valence-corrected chi connectivity index (χ4v) is 5.24. The Morgan fingerprint density at radius 1 is 1.24 bits per heavy atom. The van der Waals surface area contributed by atoms with Gasteiger partial charge in [0.05, 0.1) is 18.0 Å². The maximum absolute atomic E-state index is 10.1. The summed E-state index contributed by atoms with van der Waals surface area (Å²) in [5.74, 6) is 0. The van der Waals surface area contributed by atoms with Gasteiger partial charge in [-0.1, -0.05) is 25.1 Å². The van der Waals surface area contributed by atoms with Crippen LogP contribution in [-0.2, 0) is 6.54 Å². The molecule has 2 fully saturated rings. The predicted octanol–water partition coefficient (Wildman–Crippen LogP) is 3.61. The summed E-state index contributed by atoms with van der Waals surface area (Å²) in [5, 5.41) is 14.7. The van der Waals surface area contributed by atoms with Gasteiger partial charge in [-0.25, -0.2) is 4.68 Å². The molecular formula is C21H29N3O.